The minimum Gasteiger partial charge on any atom is -0.489 e. The molecule has 0 aliphatic carbocycles. The fraction of sp³-hybridized carbons (Fsp3) is 0.200. The average Bonchev–Trinajstić information content (AvgIpc) is 2.97. The number of aromatic nitrogens is 1. The van der Waals surface area contributed by atoms with Crippen LogP contribution in [0.4, 0.5) is 4.39 Å². The van der Waals surface area contributed by atoms with Gasteiger partial charge in [-0.2, -0.15) is 0 Å². The molecule has 5 rings (SSSR count). The lowest BCUT2D eigenvalue weighted by Crippen LogP contribution is -2.36. The molecule has 0 fully saturated rings. The normalized spacial score (nSPS) is 15.5. The fourth-order valence-corrected chi connectivity index (χ4v) is 5.51. The van der Waals surface area contributed by atoms with Gasteiger partial charge in [-0.25, -0.2) is 17.5 Å². The molecule has 0 saturated carbocycles. The highest BCUT2D eigenvalue weighted by molar-refractivity contribution is 7.90. The molecule has 4 aromatic rings. The van der Waals surface area contributed by atoms with Crippen molar-refractivity contribution in [2.45, 2.75) is 29.9 Å². The number of aryl methyl sites for hydroxylation is 1. The number of hydrogen-bond acceptors (Lipinski definition) is 7. The minimum atomic E-state index is -4.15. The van der Waals surface area contributed by atoms with Gasteiger partial charge in [-0.15, -0.1) is 0 Å². The third-order valence-electron chi connectivity index (χ3n) is 6.68. The number of halogens is 1. The lowest BCUT2D eigenvalue weighted by atomic mass is 9.96. The van der Waals surface area contributed by atoms with E-state index in [1.54, 1.807) is 30.6 Å². The van der Waals surface area contributed by atoms with Crippen molar-refractivity contribution in [2.24, 2.45) is 0 Å². The van der Waals surface area contributed by atoms with Gasteiger partial charge >= 0.3 is 0 Å². The van der Waals surface area contributed by atoms with E-state index in [9.17, 15) is 22.7 Å². The largest absolute Gasteiger partial charge is 0.489 e. The molecule has 0 spiro atoms. The van der Waals surface area contributed by atoms with Gasteiger partial charge in [-0.05, 0) is 84.1 Å². The summed E-state index contributed by atoms with van der Waals surface area (Å²) in [4.78, 5) is 16.6. The summed E-state index contributed by atoms with van der Waals surface area (Å²) in [5.41, 5.74) is 3.60. The second-order valence-corrected chi connectivity index (χ2v) is 11.2. The van der Waals surface area contributed by atoms with E-state index < -0.39 is 27.9 Å². The molecule has 3 aromatic carbocycles. The molecule has 0 unspecified atom stereocenters. The van der Waals surface area contributed by atoms with Crippen LogP contribution in [0.15, 0.2) is 96.2 Å². The van der Waals surface area contributed by atoms with E-state index >= 15 is 0 Å². The van der Waals surface area contributed by atoms with Crippen LogP contribution in [-0.2, 0) is 16.4 Å². The molecule has 8 nitrogen and oxygen atoms in total. The summed E-state index contributed by atoms with van der Waals surface area (Å²) in [6.07, 6.45) is 4.24. The van der Waals surface area contributed by atoms with Crippen molar-refractivity contribution >= 4 is 15.9 Å². The van der Waals surface area contributed by atoms with Gasteiger partial charge in [0, 0.05) is 36.6 Å². The third kappa shape index (κ3) is 6.53. The molecule has 206 valence electrons. The molecule has 1 aliphatic heterocycles. The van der Waals surface area contributed by atoms with Crippen LogP contribution in [0, 0.1) is 5.82 Å². The van der Waals surface area contributed by atoms with Crippen molar-refractivity contribution in [1.29, 1.82) is 0 Å². The van der Waals surface area contributed by atoms with E-state index in [0.29, 0.717) is 13.1 Å². The Balaban J connectivity index is 1.21. The Labute approximate surface area is 231 Å². The molecular weight excluding hydrogens is 533 g/mol. The van der Waals surface area contributed by atoms with Crippen LogP contribution in [0.2, 0.25) is 0 Å². The number of nitrogens with zero attached hydrogens (tertiary/aromatic N) is 1. The topological polar surface area (TPSA) is 118 Å². The first kappa shape index (κ1) is 27.4. The summed E-state index contributed by atoms with van der Waals surface area (Å²) in [5, 5.41) is 13.6. The molecule has 0 saturated heterocycles. The van der Waals surface area contributed by atoms with Crippen LogP contribution >= 0.6 is 0 Å². The smallest absolute Gasteiger partial charge is 0.265 e. The lowest BCUT2D eigenvalue weighted by Gasteiger charge is -2.27. The van der Waals surface area contributed by atoms with E-state index in [4.69, 9.17) is 4.74 Å². The van der Waals surface area contributed by atoms with Gasteiger partial charge in [0.2, 0.25) is 0 Å². The number of aliphatic hydroxyl groups excluding tert-OH is 1. The molecule has 2 atom stereocenters. The van der Waals surface area contributed by atoms with Gasteiger partial charge in [0.15, 0.2) is 0 Å². The summed E-state index contributed by atoms with van der Waals surface area (Å²) < 4.78 is 46.5. The zero-order valence-corrected chi connectivity index (χ0v) is 22.3. The molecule has 10 heteroatoms. The van der Waals surface area contributed by atoms with E-state index in [1.807, 2.05) is 35.1 Å². The Morgan fingerprint density at radius 2 is 1.85 bits per heavy atom. The quantitative estimate of drug-likeness (QED) is 0.283. The number of pyridine rings is 1. The summed E-state index contributed by atoms with van der Waals surface area (Å²) in [7, 11) is -4.15. The number of aliphatic hydroxyl groups is 1. The number of nitrogens with one attached hydrogen (secondary N) is 2. The van der Waals surface area contributed by atoms with Gasteiger partial charge in [0.25, 0.3) is 15.9 Å². The Kier molecular flexibility index (Phi) is 8.20. The number of benzene rings is 3. The molecule has 40 heavy (non-hydrogen) atoms. The monoisotopic (exact) mass is 561 g/mol. The molecule has 3 N–H and O–H groups in total. The van der Waals surface area contributed by atoms with Crippen molar-refractivity contribution in [2.75, 3.05) is 13.1 Å². The molecule has 1 amide bonds. The third-order valence-corrected chi connectivity index (χ3v) is 8.02. The number of rotatable bonds is 9. The first-order chi connectivity index (χ1) is 19.3. The maximum absolute atomic E-state index is 13.2. The summed E-state index contributed by atoms with van der Waals surface area (Å²) in [5.74, 6) is -0.567. The Hall–Kier alpha value is -4.12. The lowest BCUT2D eigenvalue weighted by molar-refractivity contribution is 0.0981. The predicted octanol–water partition coefficient (Wildman–Crippen LogP) is 4.02. The predicted molar refractivity (Wildman–Crippen MR) is 148 cm³/mol. The van der Waals surface area contributed by atoms with E-state index in [1.165, 1.54) is 6.07 Å². The molecule has 1 aliphatic rings. The van der Waals surface area contributed by atoms with Gasteiger partial charge in [-0.3, -0.25) is 9.78 Å². The second-order valence-electron chi connectivity index (χ2n) is 9.53. The first-order valence-electron chi connectivity index (χ1n) is 12.8. The molecule has 1 aromatic heterocycles. The second kappa shape index (κ2) is 12.0. The number of sulfonamides is 1. The SMILES string of the molecule is O=C(NS(=O)(=O)c1ccc(F)cc1)c1cccc(-c2ccc3c(c2)CC[C@H](CNC[C@@H](O)c2cccnc2)O3)c1. The van der Waals surface area contributed by atoms with Gasteiger partial charge in [-0.1, -0.05) is 24.3 Å². The van der Waals surface area contributed by atoms with Crippen molar-refractivity contribution in [1.82, 2.24) is 15.0 Å². The van der Waals surface area contributed by atoms with Gasteiger partial charge in [0.1, 0.15) is 17.7 Å². The number of hydrogen-bond donors (Lipinski definition) is 3. The van der Waals surface area contributed by atoms with Crippen molar-refractivity contribution in [3.63, 3.8) is 0 Å². The maximum Gasteiger partial charge on any atom is 0.265 e. The van der Waals surface area contributed by atoms with Crippen LogP contribution in [-0.4, -0.2) is 43.6 Å². The Morgan fingerprint density at radius 3 is 2.62 bits per heavy atom. The highest BCUT2D eigenvalue weighted by Crippen LogP contribution is 2.32. The Morgan fingerprint density at radius 1 is 1.05 bits per heavy atom. The van der Waals surface area contributed by atoms with Crippen molar-refractivity contribution in [3.05, 3.63) is 114 Å². The molecule has 2 heterocycles. The molecule has 0 bridgehead atoms. The highest BCUT2D eigenvalue weighted by Gasteiger charge is 2.22. The van der Waals surface area contributed by atoms with Crippen LogP contribution in [0.5, 0.6) is 5.75 Å². The van der Waals surface area contributed by atoms with Crippen LogP contribution < -0.4 is 14.8 Å². The number of fused-ring (bicyclic) bond motifs is 1. The van der Waals surface area contributed by atoms with E-state index in [-0.39, 0.29) is 16.6 Å². The van der Waals surface area contributed by atoms with E-state index in [0.717, 1.165) is 65.1 Å². The van der Waals surface area contributed by atoms with Gasteiger partial charge < -0.3 is 15.2 Å². The van der Waals surface area contributed by atoms with Crippen LogP contribution in [0.3, 0.4) is 0 Å². The fourth-order valence-electron chi connectivity index (χ4n) is 4.53. The average molecular weight is 562 g/mol. The number of amides is 1. The zero-order valence-electron chi connectivity index (χ0n) is 21.5. The van der Waals surface area contributed by atoms with Gasteiger partial charge in [0.05, 0.1) is 11.0 Å². The van der Waals surface area contributed by atoms with Crippen LogP contribution in [0.25, 0.3) is 11.1 Å². The standard InChI is InChI=1S/C30H28FN3O5S/c31-25-8-11-27(12-9-25)40(37,38)34-30(36)23-4-1-3-20(16-23)21-7-13-29-22(15-21)6-10-26(39-29)18-33-19-28(35)24-5-2-14-32-17-24/h1-5,7-9,11-17,26,28,33,35H,6,10,18-19H2,(H,34,36)/t26-,28-/m1/s1. The van der Waals surface area contributed by atoms with E-state index in [2.05, 4.69) is 10.3 Å². The minimum absolute atomic E-state index is 0.0328. The molecule has 0 radical (unpaired) electrons. The summed E-state index contributed by atoms with van der Waals surface area (Å²) in [6.45, 7) is 0.989. The summed E-state index contributed by atoms with van der Waals surface area (Å²) >= 11 is 0. The number of carbonyl (C=O) groups excluding carboxylic acids is 1. The number of ether oxygens (including phenoxy) is 1. The number of carbonyl (C=O) groups is 1. The first-order valence-corrected chi connectivity index (χ1v) is 14.3. The summed E-state index contributed by atoms with van der Waals surface area (Å²) in [6, 6.07) is 20.4. The van der Waals surface area contributed by atoms with Crippen molar-refractivity contribution < 1.29 is 27.4 Å². The maximum atomic E-state index is 13.2. The molecular formula is C30H28FN3O5S. The highest BCUT2D eigenvalue weighted by atomic mass is 32.2. The zero-order chi connectivity index (χ0) is 28.1. The van der Waals surface area contributed by atoms with Crippen LogP contribution in [0.1, 0.15) is 34.0 Å². The van der Waals surface area contributed by atoms with Crippen molar-refractivity contribution in [3.8, 4) is 16.9 Å². The Bertz CT molecular complexity index is 1600.